The Hall–Kier alpha value is -0.0800. The normalized spacial score (nSPS) is 22.5. The highest BCUT2D eigenvalue weighted by molar-refractivity contribution is 4.77. The molecule has 2 heteroatoms. The lowest BCUT2D eigenvalue weighted by Crippen LogP contribution is -2.31. The predicted octanol–water partition coefficient (Wildman–Crippen LogP) is 2.60. The molecule has 0 aromatic heterocycles. The fraction of sp³-hybridized carbons (Fsp3) is 1.00. The quantitative estimate of drug-likeness (QED) is 0.671. The summed E-state index contributed by atoms with van der Waals surface area (Å²) in [4.78, 5) is 2.62. The van der Waals surface area contributed by atoms with Gasteiger partial charge in [-0.3, -0.25) is 0 Å². The zero-order chi connectivity index (χ0) is 12.0. The summed E-state index contributed by atoms with van der Waals surface area (Å²) in [6, 6.07) is 0. The molecule has 0 radical (unpaired) electrons. The third-order valence-electron chi connectivity index (χ3n) is 3.75. The lowest BCUT2D eigenvalue weighted by Gasteiger charge is -2.18. The Morgan fingerprint density at radius 1 is 1.19 bits per heavy atom. The molecule has 0 saturated carbocycles. The SMILES string of the molecule is CC(C)CCNCCN1CCC(C(C)C)C1. The molecule has 0 amide bonds. The molecule has 1 atom stereocenters. The van der Waals surface area contributed by atoms with Crippen LogP contribution in [0.4, 0.5) is 0 Å². The third-order valence-corrected chi connectivity index (χ3v) is 3.75. The van der Waals surface area contributed by atoms with Crippen LogP contribution in [0.3, 0.4) is 0 Å². The zero-order valence-electron chi connectivity index (χ0n) is 11.6. The summed E-state index contributed by atoms with van der Waals surface area (Å²) in [5.74, 6) is 2.62. The van der Waals surface area contributed by atoms with Crippen molar-refractivity contribution in [3.05, 3.63) is 0 Å². The van der Waals surface area contributed by atoms with E-state index in [1.54, 1.807) is 0 Å². The first-order chi connectivity index (χ1) is 7.59. The van der Waals surface area contributed by atoms with Gasteiger partial charge in [-0.1, -0.05) is 27.7 Å². The number of rotatable bonds is 7. The van der Waals surface area contributed by atoms with Crippen molar-refractivity contribution in [1.29, 1.82) is 0 Å². The number of likely N-dealkylation sites (tertiary alicyclic amines) is 1. The van der Waals surface area contributed by atoms with Gasteiger partial charge >= 0.3 is 0 Å². The first-order valence-electron chi connectivity index (χ1n) is 7.02. The van der Waals surface area contributed by atoms with Crippen molar-refractivity contribution < 1.29 is 0 Å². The maximum atomic E-state index is 3.55. The Bertz CT molecular complexity index is 178. The molecular formula is C14H30N2. The second-order valence-electron chi connectivity index (χ2n) is 6.03. The highest BCUT2D eigenvalue weighted by Gasteiger charge is 2.23. The summed E-state index contributed by atoms with van der Waals surface area (Å²) in [5.41, 5.74) is 0. The van der Waals surface area contributed by atoms with Crippen LogP contribution in [0, 0.1) is 17.8 Å². The van der Waals surface area contributed by atoms with Gasteiger partial charge in [-0.15, -0.1) is 0 Å². The molecule has 1 heterocycles. The summed E-state index contributed by atoms with van der Waals surface area (Å²) in [6.07, 6.45) is 2.71. The Morgan fingerprint density at radius 3 is 2.50 bits per heavy atom. The van der Waals surface area contributed by atoms with Gasteiger partial charge in [0.25, 0.3) is 0 Å². The number of nitrogens with one attached hydrogen (secondary N) is 1. The molecule has 2 nitrogen and oxygen atoms in total. The second-order valence-corrected chi connectivity index (χ2v) is 6.03. The summed E-state index contributed by atoms with van der Waals surface area (Å²) in [5, 5.41) is 3.55. The molecule has 1 N–H and O–H groups in total. The van der Waals surface area contributed by atoms with Crippen molar-refractivity contribution in [3.63, 3.8) is 0 Å². The molecule has 1 unspecified atom stereocenters. The monoisotopic (exact) mass is 226 g/mol. The van der Waals surface area contributed by atoms with E-state index in [1.807, 2.05) is 0 Å². The molecule has 1 aliphatic rings. The molecule has 1 fully saturated rings. The smallest absolute Gasteiger partial charge is 0.0107 e. The average molecular weight is 226 g/mol. The molecule has 0 bridgehead atoms. The molecule has 0 aromatic rings. The highest BCUT2D eigenvalue weighted by atomic mass is 15.2. The van der Waals surface area contributed by atoms with E-state index >= 15 is 0 Å². The van der Waals surface area contributed by atoms with Crippen LogP contribution in [-0.4, -0.2) is 37.6 Å². The molecule has 16 heavy (non-hydrogen) atoms. The lowest BCUT2D eigenvalue weighted by atomic mass is 9.95. The minimum absolute atomic E-state index is 0.824. The largest absolute Gasteiger partial charge is 0.315 e. The van der Waals surface area contributed by atoms with Gasteiger partial charge in [0.1, 0.15) is 0 Å². The van der Waals surface area contributed by atoms with E-state index in [9.17, 15) is 0 Å². The third kappa shape index (κ3) is 5.31. The number of hydrogen-bond acceptors (Lipinski definition) is 2. The molecule has 0 spiro atoms. The Labute approximate surface area is 102 Å². The van der Waals surface area contributed by atoms with Crippen molar-refractivity contribution in [2.75, 3.05) is 32.7 Å². The van der Waals surface area contributed by atoms with Gasteiger partial charge < -0.3 is 10.2 Å². The summed E-state index contributed by atoms with van der Waals surface area (Å²) in [7, 11) is 0. The van der Waals surface area contributed by atoms with E-state index in [0.717, 1.165) is 24.3 Å². The molecular weight excluding hydrogens is 196 g/mol. The molecule has 0 aliphatic carbocycles. The van der Waals surface area contributed by atoms with Crippen molar-refractivity contribution >= 4 is 0 Å². The summed E-state index contributed by atoms with van der Waals surface area (Å²) < 4.78 is 0. The second kappa shape index (κ2) is 7.29. The standard InChI is InChI=1S/C14H30N2/c1-12(2)5-7-15-8-10-16-9-6-14(11-16)13(3)4/h12-15H,5-11H2,1-4H3. The topological polar surface area (TPSA) is 15.3 Å². The van der Waals surface area contributed by atoms with Crippen molar-refractivity contribution in [3.8, 4) is 0 Å². The Balaban J connectivity index is 1.98. The number of hydrogen-bond donors (Lipinski definition) is 1. The first-order valence-corrected chi connectivity index (χ1v) is 7.02. The van der Waals surface area contributed by atoms with E-state index in [4.69, 9.17) is 0 Å². The van der Waals surface area contributed by atoms with Crippen molar-refractivity contribution in [2.24, 2.45) is 17.8 Å². The minimum Gasteiger partial charge on any atom is -0.315 e. The van der Waals surface area contributed by atoms with Crippen LogP contribution in [0.25, 0.3) is 0 Å². The fourth-order valence-corrected chi connectivity index (χ4v) is 2.36. The van der Waals surface area contributed by atoms with Gasteiger partial charge in [0.15, 0.2) is 0 Å². The van der Waals surface area contributed by atoms with Crippen LogP contribution >= 0.6 is 0 Å². The summed E-state index contributed by atoms with van der Waals surface area (Å²) in [6.45, 7) is 15.5. The fourth-order valence-electron chi connectivity index (χ4n) is 2.36. The molecule has 1 rings (SSSR count). The first kappa shape index (κ1) is 14.0. The Morgan fingerprint density at radius 2 is 1.94 bits per heavy atom. The molecule has 1 aliphatic heterocycles. The van der Waals surface area contributed by atoms with Crippen LogP contribution in [-0.2, 0) is 0 Å². The molecule has 0 aromatic carbocycles. The number of nitrogens with zero attached hydrogens (tertiary/aromatic N) is 1. The average Bonchev–Trinajstić information content (AvgIpc) is 2.65. The van der Waals surface area contributed by atoms with E-state index in [1.165, 1.54) is 39.0 Å². The summed E-state index contributed by atoms with van der Waals surface area (Å²) >= 11 is 0. The zero-order valence-corrected chi connectivity index (χ0v) is 11.6. The molecule has 1 saturated heterocycles. The van der Waals surface area contributed by atoms with Gasteiger partial charge in [-0.25, -0.2) is 0 Å². The van der Waals surface area contributed by atoms with Crippen LogP contribution in [0.15, 0.2) is 0 Å². The van der Waals surface area contributed by atoms with Gasteiger partial charge in [-0.05, 0) is 43.7 Å². The maximum absolute atomic E-state index is 3.55. The van der Waals surface area contributed by atoms with E-state index in [-0.39, 0.29) is 0 Å². The van der Waals surface area contributed by atoms with Crippen LogP contribution < -0.4 is 5.32 Å². The molecule has 96 valence electrons. The van der Waals surface area contributed by atoms with Gasteiger partial charge in [0.05, 0.1) is 0 Å². The van der Waals surface area contributed by atoms with Gasteiger partial charge in [0, 0.05) is 19.6 Å². The van der Waals surface area contributed by atoms with E-state index in [2.05, 4.69) is 37.9 Å². The van der Waals surface area contributed by atoms with Crippen LogP contribution in [0.1, 0.15) is 40.5 Å². The Kier molecular flexibility index (Phi) is 6.37. The highest BCUT2D eigenvalue weighted by Crippen LogP contribution is 2.22. The minimum atomic E-state index is 0.824. The maximum Gasteiger partial charge on any atom is 0.0107 e. The van der Waals surface area contributed by atoms with E-state index in [0.29, 0.717) is 0 Å². The van der Waals surface area contributed by atoms with Crippen LogP contribution in [0.2, 0.25) is 0 Å². The van der Waals surface area contributed by atoms with E-state index < -0.39 is 0 Å². The van der Waals surface area contributed by atoms with Gasteiger partial charge in [-0.2, -0.15) is 0 Å². The van der Waals surface area contributed by atoms with Crippen LogP contribution in [0.5, 0.6) is 0 Å². The van der Waals surface area contributed by atoms with Crippen molar-refractivity contribution in [2.45, 2.75) is 40.5 Å². The predicted molar refractivity (Wildman–Crippen MR) is 71.7 cm³/mol. The van der Waals surface area contributed by atoms with Gasteiger partial charge in [0.2, 0.25) is 0 Å². The van der Waals surface area contributed by atoms with Crippen molar-refractivity contribution in [1.82, 2.24) is 10.2 Å². The lowest BCUT2D eigenvalue weighted by molar-refractivity contribution is 0.301.